The maximum absolute atomic E-state index is 13.8. The molecule has 1 saturated heterocycles. The summed E-state index contributed by atoms with van der Waals surface area (Å²) in [6.45, 7) is 0.912. The first-order valence-electron chi connectivity index (χ1n) is 10.9. The molecule has 1 aliphatic heterocycles. The van der Waals surface area contributed by atoms with E-state index in [9.17, 15) is 18.7 Å². The van der Waals surface area contributed by atoms with Crippen LogP contribution >= 0.6 is 11.6 Å². The molecule has 3 aromatic rings. The normalized spacial score (nSPS) is 17.9. The molecular formula is C26H25ClF2N2O3. The van der Waals surface area contributed by atoms with Crippen LogP contribution in [0.2, 0.25) is 5.02 Å². The van der Waals surface area contributed by atoms with Crippen LogP contribution in [0.15, 0.2) is 72.8 Å². The second-order valence-electron chi connectivity index (χ2n) is 8.35. The number of carbonyl (C=O) groups is 1. The van der Waals surface area contributed by atoms with Gasteiger partial charge in [0.2, 0.25) is 0 Å². The van der Waals surface area contributed by atoms with Crippen molar-refractivity contribution in [3.05, 3.63) is 106 Å². The molecule has 0 aliphatic carbocycles. The second-order valence-corrected chi connectivity index (χ2v) is 8.76. The number of nitrogens with zero attached hydrogens (tertiary/aromatic N) is 2. The maximum Gasteiger partial charge on any atom is 0.410 e. The number of amides is 1. The van der Waals surface area contributed by atoms with Crippen LogP contribution in [0, 0.1) is 11.6 Å². The molecule has 3 aromatic carbocycles. The number of rotatable bonds is 7. The average Bonchev–Trinajstić information content (AvgIpc) is 3.20. The number of halogens is 3. The third-order valence-electron chi connectivity index (χ3n) is 5.83. The molecule has 0 radical (unpaired) electrons. The van der Waals surface area contributed by atoms with E-state index in [2.05, 4.69) is 0 Å². The molecule has 1 aliphatic rings. The molecule has 0 bridgehead atoms. The minimum atomic E-state index is -0.870. The van der Waals surface area contributed by atoms with Crippen molar-refractivity contribution >= 4 is 17.7 Å². The van der Waals surface area contributed by atoms with E-state index in [0.717, 1.165) is 17.2 Å². The van der Waals surface area contributed by atoms with Gasteiger partial charge < -0.3 is 14.7 Å². The van der Waals surface area contributed by atoms with E-state index in [0.29, 0.717) is 17.1 Å². The fraction of sp³-hybridized carbons (Fsp3) is 0.269. The Kier molecular flexibility index (Phi) is 7.77. The zero-order valence-electron chi connectivity index (χ0n) is 18.4. The van der Waals surface area contributed by atoms with Gasteiger partial charge in [0.1, 0.15) is 18.2 Å². The van der Waals surface area contributed by atoms with Gasteiger partial charge in [-0.3, -0.25) is 4.90 Å². The topological polar surface area (TPSA) is 53.0 Å². The molecular weight excluding hydrogens is 462 g/mol. The van der Waals surface area contributed by atoms with Gasteiger partial charge in [0, 0.05) is 30.7 Å². The third-order valence-corrected chi connectivity index (χ3v) is 6.20. The smallest absolute Gasteiger partial charge is 0.410 e. The molecule has 0 aromatic heterocycles. The third kappa shape index (κ3) is 6.11. The molecule has 1 heterocycles. The lowest BCUT2D eigenvalue weighted by atomic mass is 10.1. The summed E-state index contributed by atoms with van der Waals surface area (Å²) < 4.78 is 33.0. The van der Waals surface area contributed by atoms with Crippen LogP contribution < -0.4 is 0 Å². The van der Waals surface area contributed by atoms with E-state index >= 15 is 0 Å². The van der Waals surface area contributed by atoms with Crippen LogP contribution in [-0.4, -0.2) is 46.2 Å². The van der Waals surface area contributed by atoms with Gasteiger partial charge in [-0.15, -0.1) is 0 Å². The van der Waals surface area contributed by atoms with Gasteiger partial charge in [-0.1, -0.05) is 60.1 Å². The van der Waals surface area contributed by atoms with Gasteiger partial charge in [0.15, 0.2) is 0 Å². The minimum Gasteiger partial charge on any atom is -0.445 e. The molecule has 178 valence electrons. The first-order chi connectivity index (χ1) is 16.4. The molecule has 1 amide bonds. The minimum absolute atomic E-state index is 0.0921. The van der Waals surface area contributed by atoms with Crippen LogP contribution in [0.3, 0.4) is 0 Å². The number of carbonyl (C=O) groups excluding carboxylic acids is 1. The van der Waals surface area contributed by atoms with Gasteiger partial charge in [-0.2, -0.15) is 0 Å². The summed E-state index contributed by atoms with van der Waals surface area (Å²) in [5, 5.41) is 11.4. The molecule has 8 heteroatoms. The van der Waals surface area contributed by atoms with Gasteiger partial charge in [-0.05, 0) is 34.9 Å². The molecule has 0 unspecified atom stereocenters. The van der Waals surface area contributed by atoms with Crippen molar-refractivity contribution in [2.45, 2.75) is 31.8 Å². The van der Waals surface area contributed by atoms with E-state index in [1.54, 1.807) is 6.07 Å². The summed E-state index contributed by atoms with van der Waals surface area (Å²) in [5.74, 6) is -1.35. The zero-order valence-corrected chi connectivity index (χ0v) is 19.2. The van der Waals surface area contributed by atoms with Gasteiger partial charge in [0.05, 0.1) is 18.7 Å². The molecule has 1 N–H and O–H groups in total. The maximum atomic E-state index is 13.8. The van der Waals surface area contributed by atoms with Crippen LogP contribution in [0.25, 0.3) is 0 Å². The Balaban J connectivity index is 1.50. The molecule has 1 fully saturated rings. The van der Waals surface area contributed by atoms with E-state index in [1.807, 2.05) is 53.4 Å². The van der Waals surface area contributed by atoms with Crippen molar-refractivity contribution < 1.29 is 23.4 Å². The first kappa shape index (κ1) is 24.1. The number of hydrogen-bond acceptors (Lipinski definition) is 4. The SMILES string of the molecule is O=C(OCc1ccccc1)N1C[C@@H](O)[C@H](N(Cc2cc(F)cc(F)c2)Cc2ccccc2Cl)C1. The Morgan fingerprint density at radius 3 is 2.35 bits per heavy atom. The van der Waals surface area contributed by atoms with E-state index in [4.69, 9.17) is 16.3 Å². The predicted molar refractivity (Wildman–Crippen MR) is 125 cm³/mol. The van der Waals surface area contributed by atoms with Crippen molar-refractivity contribution in [2.75, 3.05) is 13.1 Å². The predicted octanol–water partition coefficient (Wildman–Crippen LogP) is 5.00. The number of aliphatic hydroxyl groups is 1. The van der Waals surface area contributed by atoms with E-state index in [-0.39, 0.29) is 26.2 Å². The number of likely N-dealkylation sites (tertiary alicyclic amines) is 1. The van der Waals surface area contributed by atoms with Crippen LogP contribution in [0.5, 0.6) is 0 Å². The summed E-state index contributed by atoms with van der Waals surface area (Å²) in [6, 6.07) is 19.5. The summed E-state index contributed by atoms with van der Waals surface area (Å²) in [4.78, 5) is 16.0. The van der Waals surface area contributed by atoms with E-state index < -0.39 is 29.9 Å². The second kappa shape index (κ2) is 11.0. The molecule has 34 heavy (non-hydrogen) atoms. The lowest BCUT2D eigenvalue weighted by Crippen LogP contribution is -2.42. The number of aliphatic hydroxyl groups excluding tert-OH is 1. The Morgan fingerprint density at radius 1 is 0.971 bits per heavy atom. The van der Waals surface area contributed by atoms with Crippen LogP contribution in [0.1, 0.15) is 16.7 Å². The molecule has 0 spiro atoms. The number of ether oxygens (including phenoxy) is 1. The summed E-state index contributed by atoms with van der Waals surface area (Å²) in [5.41, 5.74) is 2.08. The van der Waals surface area contributed by atoms with Crippen molar-refractivity contribution in [3.63, 3.8) is 0 Å². The van der Waals surface area contributed by atoms with Crippen molar-refractivity contribution in [2.24, 2.45) is 0 Å². The Labute approximate surface area is 202 Å². The standard InChI is InChI=1S/C26H25ClF2N2O3/c27-23-9-5-4-8-20(23)14-30(13-19-10-21(28)12-22(29)11-19)24-15-31(16-25(24)32)26(33)34-17-18-6-2-1-3-7-18/h1-12,24-25,32H,13-17H2/t24-,25-/m1/s1. The Morgan fingerprint density at radius 2 is 1.65 bits per heavy atom. The Hall–Kier alpha value is -3.00. The molecule has 0 saturated carbocycles. The lowest BCUT2D eigenvalue weighted by molar-refractivity contribution is 0.0727. The van der Waals surface area contributed by atoms with Gasteiger partial charge >= 0.3 is 6.09 Å². The number of hydrogen-bond donors (Lipinski definition) is 1. The van der Waals surface area contributed by atoms with Crippen LogP contribution in [-0.2, 0) is 24.4 Å². The highest BCUT2D eigenvalue weighted by Crippen LogP contribution is 2.25. The summed E-state index contributed by atoms with van der Waals surface area (Å²) in [6.07, 6.45) is -1.40. The van der Waals surface area contributed by atoms with Crippen molar-refractivity contribution in [3.8, 4) is 0 Å². The fourth-order valence-electron chi connectivity index (χ4n) is 4.16. The van der Waals surface area contributed by atoms with Crippen molar-refractivity contribution in [1.29, 1.82) is 0 Å². The lowest BCUT2D eigenvalue weighted by Gasteiger charge is -2.31. The number of benzene rings is 3. The monoisotopic (exact) mass is 486 g/mol. The summed E-state index contributed by atoms with van der Waals surface area (Å²) in [7, 11) is 0. The highest BCUT2D eigenvalue weighted by molar-refractivity contribution is 6.31. The largest absolute Gasteiger partial charge is 0.445 e. The highest BCUT2D eigenvalue weighted by atomic mass is 35.5. The molecule has 4 rings (SSSR count). The van der Waals surface area contributed by atoms with Gasteiger partial charge in [-0.25, -0.2) is 13.6 Å². The number of β-amino-alcohol motifs (C(OH)–C–C–N with tert-alkyl or cyclic N) is 1. The quantitative estimate of drug-likeness (QED) is 0.510. The zero-order chi connectivity index (χ0) is 24.1. The van der Waals surface area contributed by atoms with Gasteiger partial charge in [0.25, 0.3) is 0 Å². The molecule has 5 nitrogen and oxygen atoms in total. The summed E-state index contributed by atoms with van der Waals surface area (Å²) >= 11 is 6.35. The van der Waals surface area contributed by atoms with Crippen LogP contribution in [0.4, 0.5) is 13.6 Å². The van der Waals surface area contributed by atoms with E-state index in [1.165, 1.54) is 17.0 Å². The van der Waals surface area contributed by atoms with Crippen molar-refractivity contribution in [1.82, 2.24) is 9.80 Å². The average molecular weight is 487 g/mol. The molecule has 2 atom stereocenters. The first-order valence-corrected chi connectivity index (χ1v) is 11.3. The fourth-order valence-corrected chi connectivity index (χ4v) is 4.36. The highest BCUT2D eigenvalue weighted by Gasteiger charge is 2.38. The Bertz CT molecular complexity index is 1110.